The summed E-state index contributed by atoms with van der Waals surface area (Å²) in [5.74, 6) is -0.628. The number of hydrogen-bond acceptors (Lipinski definition) is 7. The van der Waals surface area contributed by atoms with Gasteiger partial charge in [-0.1, -0.05) is 19.1 Å². The van der Waals surface area contributed by atoms with Crippen LogP contribution in [0, 0.1) is 6.92 Å². The third-order valence-corrected chi connectivity index (χ3v) is 7.27. The summed E-state index contributed by atoms with van der Waals surface area (Å²) in [6.45, 7) is 3.26. The van der Waals surface area contributed by atoms with Crippen LogP contribution in [0.5, 0.6) is 0 Å². The number of nitrogens with one attached hydrogen (secondary N) is 2. The van der Waals surface area contributed by atoms with Crippen LogP contribution in [-0.4, -0.2) is 45.5 Å². The standard InChI is InChI=1S/C22H25N5O5S2/c1-4-17-5-9-19(10-6-17)27(33(3,29)30)15-21(28)25-18-7-11-20(12-8-18)34(31,32)26-22-23-14-13-16(2)24-22/h5-14H,4,15H2,1-3H3,(H,25,28)(H,23,24,26). The zero-order chi connectivity index (χ0) is 24.9. The van der Waals surface area contributed by atoms with Gasteiger partial charge in [-0.25, -0.2) is 31.5 Å². The van der Waals surface area contributed by atoms with E-state index in [1.54, 1.807) is 37.3 Å². The quantitative estimate of drug-likeness (QED) is 0.457. The van der Waals surface area contributed by atoms with Gasteiger partial charge in [0.15, 0.2) is 0 Å². The summed E-state index contributed by atoms with van der Waals surface area (Å²) in [6.07, 6.45) is 3.27. The van der Waals surface area contributed by atoms with E-state index in [1.165, 1.54) is 30.5 Å². The van der Waals surface area contributed by atoms with E-state index in [4.69, 9.17) is 0 Å². The molecule has 0 unspecified atom stereocenters. The van der Waals surface area contributed by atoms with E-state index < -0.39 is 32.5 Å². The number of amides is 1. The largest absolute Gasteiger partial charge is 0.325 e. The Morgan fingerprint density at radius 2 is 1.62 bits per heavy atom. The van der Waals surface area contributed by atoms with Gasteiger partial charge in [-0.3, -0.25) is 9.10 Å². The van der Waals surface area contributed by atoms with Crippen LogP contribution < -0.4 is 14.3 Å². The lowest BCUT2D eigenvalue weighted by atomic mass is 10.1. The van der Waals surface area contributed by atoms with Crippen molar-refractivity contribution in [2.24, 2.45) is 0 Å². The van der Waals surface area contributed by atoms with Crippen molar-refractivity contribution in [1.82, 2.24) is 9.97 Å². The van der Waals surface area contributed by atoms with E-state index in [0.29, 0.717) is 17.1 Å². The van der Waals surface area contributed by atoms with Gasteiger partial charge in [0.25, 0.3) is 10.0 Å². The number of carbonyl (C=O) groups is 1. The van der Waals surface area contributed by atoms with Crippen molar-refractivity contribution >= 4 is 43.3 Å². The predicted octanol–water partition coefficient (Wildman–Crippen LogP) is 2.55. The number of anilines is 3. The molecule has 0 spiro atoms. The fourth-order valence-electron chi connectivity index (χ4n) is 3.02. The average Bonchev–Trinajstić information content (AvgIpc) is 2.77. The zero-order valence-electron chi connectivity index (χ0n) is 18.9. The zero-order valence-corrected chi connectivity index (χ0v) is 20.5. The highest BCUT2D eigenvalue weighted by molar-refractivity contribution is 7.92. The molecule has 0 aliphatic heterocycles. The first kappa shape index (κ1) is 25.1. The first-order valence-electron chi connectivity index (χ1n) is 10.3. The number of carbonyl (C=O) groups excluding carboxylic acids is 1. The second-order valence-corrected chi connectivity index (χ2v) is 11.1. The Kier molecular flexibility index (Phi) is 7.52. The van der Waals surface area contributed by atoms with Crippen LogP contribution in [0.25, 0.3) is 0 Å². The van der Waals surface area contributed by atoms with E-state index in [9.17, 15) is 21.6 Å². The molecule has 0 bridgehead atoms. The van der Waals surface area contributed by atoms with Gasteiger partial charge in [0, 0.05) is 17.6 Å². The summed E-state index contributed by atoms with van der Waals surface area (Å²) in [5.41, 5.74) is 2.33. The highest BCUT2D eigenvalue weighted by atomic mass is 32.2. The summed E-state index contributed by atoms with van der Waals surface area (Å²) < 4.78 is 52.9. The third kappa shape index (κ3) is 6.51. The van der Waals surface area contributed by atoms with Crippen LogP contribution in [0.1, 0.15) is 18.2 Å². The maximum absolute atomic E-state index is 12.6. The topological polar surface area (TPSA) is 138 Å². The second kappa shape index (κ2) is 10.2. The van der Waals surface area contributed by atoms with Crippen LogP contribution in [0.2, 0.25) is 0 Å². The van der Waals surface area contributed by atoms with Crippen molar-refractivity contribution in [2.45, 2.75) is 25.2 Å². The monoisotopic (exact) mass is 503 g/mol. The summed E-state index contributed by atoms with van der Waals surface area (Å²) >= 11 is 0. The van der Waals surface area contributed by atoms with E-state index in [2.05, 4.69) is 20.0 Å². The molecule has 10 nitrogen and oxygen atoms in total. The Balaban J connectivity index is 1.70. The highest BCUT2D eigenvalue weighted by Gasteiger charge is 2.21. The number of sulfonamides is 2. The third-order valence-electron chi connectivity index (χ3n) is 4.79. The molecule has 1 amide bonds. The fraction of sp³-hybridized carbons (Fsp3) is 0.227. The van der Waals surface area contributed by atoms with Crippen LogP contribution in [0.4, 0.5) is 17.3 Å². The summed E-state index contributed by atoms with van der Waals surface area (Å²) in [5, 5.41) is 2.59. The van der Waals surface area contributed by atoms with Gasteiger partial charge in [0.1, 0.15) is 6.54 Å². The van der Waals surface area contributed by atoms with Crippen LogP contribution in [-0.2, 0) is 31.3 Å². The number of benzene rings is 2. The second-order valence-electron chi connectivity index (χ2n) is 7.49. The maximum atomic E-state index is 12.6. The van der Waals surface area contributed by atoms with E-state index in [0.717, 1.165) is 22.5 Å². The average molecular weight is 504 g/mol. The Labute approximate surface area is 199 Å². The van der Waals surface area contributed by atoms with Crippen LogP contribution >= 0.6 is 0 Å². The molecule has 0 aliphatic carbocycles. The molecule has 0 saturated carbocycles. The van der Waals surface area contributed by atoms with Crippen molar-refractivity contribution in [2.75, 3.05) is 27.1 Å². The number of hydrogen-bond donors (Lipinski definition) is 2. The minimum absolute atomic E-state index is 0.0507. The maximum Gasteiger partial charge on any atom is 0.264 e. The highest BCUT2D eigenvalue weighted by Crippen LogP contribution is 2.20. The molecule has 1 heterocycles. The summed E-state index contributed by atoms with van der Waals surface area (Å²) in [7, 11) is -7.64. The van der Waals surface area contributed by atoms with Crippen molar-refractivity contribution in [3.05, 3.63) is 72.1 Å². The number of nitrogens with zero attached hydrogens (tertiary/aromatic N) is 3. The summed E-state index contributed by atoms with van der Waals surface area (Å²) in [4.78, 5) is 20.4. The van der Waals surface area contributed by atoms with Crippen molar-refractivity contribution < 1.29 is 21.6 Å². The fourth-order valence-corrected chi connectivity index (χ4v) is 4.83. The van der Waals surface area contributed by atoms with Gasteiger partial charge in [0.05, 0.1) is 16.8 Å². The van der Waals surface area contributed by atoms with Gasteiger partial charge in [0.2, 0.25) is 21.9 Å². The Morgan fingerprint density at radius 1 is 0.971 bits per heavy atom. The molecular weight excluding hydrogens is 478 g/mol. The van der Waals surface area contributed by atoms with Gasteiger partial charge < -0.3 is 5.32 Å². The molecule has 0 atom stereocenters. The normalized spacial score (nSPS) is 11.6. The van der Waals surface area contributed by atoms with Gasteiger partial charge in [-0.2, -0.15) is 0 Å². The lowest BCUT2D eigenvalue weighted by Crippen LogP contribution is -2.37. The van der Waals surface area contributed by atoms with E-state index >= 15 is 0 Å². The smallest absolute Gasteiger partial charge is 0.264 e. The Hall–Kier alpha value is -3.51. The van der Waals surface area contributed by atoms with Crippen LogP contribution in [0.3, 0.4) is 0 Å². The number of aromatic nitrogens is 2. The molecule has 2 aromatic carbocycles. The lowest BCUT2D eigenvalue weighted by Gasteiger charge is -2.22. The molecule has 180 valence electrons. The first-order chi connectivity index (χ1) is 16.0. The molecule has 3 rings (SSSR count). The Bertz CT molecular complexity index is 1370. The minimum Gasteiger partial charge on any atom is -0.325 e. The van der Waals surface area contributed by atoms with Gasteiger partial charge in [-0.15, -0.1) is 0 Å². The molecule has 12 heteroatoms. The van der Waals surface area contributed by atoms with Crippen molar-refractivity contribution in [3.63, 3.8) is 0 Å². The number of rotatable bonds is 9. The Morgan fingerprint density at radius 3 is 2.18 bits per heavy atom. The van der Waals surface area contributed by atoms with Crippen molar-refractivity contribution in [1.29, 1.82) is 0 Å². The molecule has 0 aliphatic rings. The van der Waals surface area contributed by atoms with Gasteiger partial charge in [-0.05, 0) is 61.4 Å². The molecule has 2 N–H and O–H groups in total. The first-order valence-corrected chi connectivity index (χ1v) is 13.6. The van der Waals surface area contributed by atoms with E-state index in [1.807, 2.05) is 6.92 Å². The van der Waals surface area contributed by atoms with Crippen LogP contribution in [0.15, 0.2) is 65.7 Å². The lowest BCUT2D eigenvalue weighted by molar-refractivity contribution is -0.114. The predicted molar refractivity (Wildman–Crippen MR) is 131 cm³/mol. The molecule has 3 aromatic rings. The molecular formula is C22H25N5O5S2. The van der Waals surface area contributed by atoms with Gasteiger partial charge >= 0.3 is 0 Å². The summed E-state index contributed by atoms with van der Waals surface area (Å²) in [6, 6.07) is 14.0. The molecule has 34 heavy (non-hydrogen) atoms. The molecule has 1 aromatic heterocycles. The van der Waals surface area contributed by atoms with Crippen molar-refractivity contribution in [3.8, 4) is 0 Å². The number of aryl methyl sites for hydroxylation is 2. The SMILES string of the molecule is CCc1ccc(N(CC(=O)Nc2ccc(S(=O)(=O)Nc3nccc(C)n3)cc2)S(C)(=O)=O)cc1. The molecule has 0 radical (unpaired) electrons. The molecule has 0 saturated heterocycles. The minimum atomic E-state index is -3.93. The van der Waals surface area contributed by atoms with E-state index in [-0.39, 0.29) is 10.8 Å². The molecule has 0 fully saturated rings.